The molecule has 2 rings (SSSR count). The number of anilines is 1. The lowest BCUT2D eigenvalue weighted by atomic mass is 9.99. The lowest BCUT2D eigenvalue weighted by molar-refractivity contribution is 0.112. The van der Waals surface area contributed by atoms with Crippen molar-refractivity contribution in [2.24, 2.45) is 5.73 Å². The number of hydrogen-bond acceptors (Lipinski definition) is 5. The van der Waals surface area contributed by atoms with Gasteiger partial charge in [-0.1, -0.05) is 0 Å². The van der Waals surface area contributed by atoms with Crippen LogP contribution < -0.4 is 10.6 Å². The lowest BCUT2D eigenvalue weighted by Gasteiger charge is -2.36. The highest BCUT2D eigenvalue weighted by Crippen LogP contribution is 2.22. The highest BCUT2D eigenvalue weighted by atomic mass is 16.5. The van der Waals surface area contributed by atoms with Gasteiger partial charge in [-0.25, -0.2) is 0 Å². The Labute approximate surface area is 102 Å². The fourth-order valence-electron chi connectivity index (χ4n) is 2.14. The molecule has 0 bridgehead atoms. The van der Waals surface area contributed by atoms with Crippen molar-refractivity contribution in [3.05, 3.63) is 5.82 Å². The van der Waals surface area contributed by atoms with Crippen LogP contribution in [0.1, 0.15) is 38.6 Å². The molecule has 0 saturated carbocycles. The summed E-state index contributed by atoms with van der Waals surface area (Å²) >= 11 is 0. The van der Waals surface area contributed by atoms with E-state index < -0.39 is 0 Å². The average molecular weight is 239 g/mol. The van der Waals surface area contributed by atoms with Crippen molar-refractivity contribution in [3.8, 4) is 0 Å². The van der Waals surface area contributed by atoms with E-state index in [4.69, 9.17) is 10.5 Å². The molecule has 3 N–H and O–H groups in total. The zero-order valence-corrected chi connectivity index (χ0v) is 10.7. The standard InChI is InChI=1S/C11H21N5O/c1-7-9(12)5-4-6-16(7)11-13-10(14-15-11)8(2)17-3/h7-9H,4-6,12H2,1-3H3,(H,13,14,15). The maximum absolute atomic E-state index is 6.07. The molecular formula is C11H21N5O. The third-order valence-corrected chi connectivity index (χ3v) is 3.53. The summed E-state index contributed by atoms with van der Waals surface area (Å²) in [7, 11) is 1.66. The van der Waals surface area contributed by atoms with Crippen LogP contribution in [0.15, 0.2) is 0 Å². The van der Waals surface area contributed by atoms with Crippen LogP contribution >= 0.6 is 0 Å². The first-order valence-electron chi connectivity index (χ1n) is 6.10. The number of hydrogen-bond donors (Lipinski definition) is 2. The van der Waals surface area contributed by atoms with Crippen LogP contribution in [0.25, 0.3) is 0 Å². The fraction of sp³-hybridized carbons (Fsp3) is 0.818. The minimum absolute atomic E-state index is 0.0648. The minimum atomic E-state index is -0.0648. The summed E-state index contributed by atoms with van der Waals surface area (Å²) in [6.45, 7) is 5.03. The summed E-state index contributed by atoms with van der Waals surface area (Å²) in [5, 5.41) is 7.17. The maximum Gasteiger partial charge on any atom is 0.245 e. The van der Waals surface area contributed by atoms with Gasteiger partial charge in [-0.2, -0.15) is 4.98 Å². The van der Waals surface area contributed by atoms with Gasteiger partial charge in [0.05, 0.1) is 0 Å². The number of methoxy groups -OCH3 is 1. The van der Waals surface area contributed by atoms with Gasteiger partial charge in [-0.05, 0) is 26.7 Å². The first-order chi connectivity index (χ1) is 8.13. The number of ether oxygens (including phenoxy) is 1. The van der Waals surface area contributed by atoms with Crippen molar-refractivity contribution in [1.29, 1.82) is 0 Å². The van der Waals surface area contributed by atoms with E-state index in [-0.39, 0.29) is 18.2 Å². The van der Waals surface area contributed by atoms with Crippen LogP contribution in [0.2, 0.25) is 0 Å². The number of aromatic amines is 1. The van der Waals surface area contributed by atoms with Gasteiger partial charge in [0.15, 0.2) is 5.82 Å². The van der Waals surface area contributed by atoms with Crippen LogP contribution in [0.3, 0.4) is 0 Å². The van der Waals surface area contributed by atoms with Gasteiger partial charge in [0.25, 0.3) is 0 Å². The largest absolute Gasteiger partial charge is 0.374 e. The smallest absolute Gasteiger partial charge is 0.245 e. The van der Waals surface area contributed by atoms with E-state index in [9.17, 15) is 0 Å². The molecule has 1 aliphatic rings. The Hall–Kier alpha value is -1.14. The van der Waals surface area contributed by atoms with E-state index in [1.807, 2.05) is 6.92 Å². The Bertz CT molecular complexity index is 366. The molecule has 17 heavy (non-hydrogen) atoms. The van der Waals surface area contributed by atoms with E-state index in [1.165, 1.54) is 0 Å². The van der Waals surface area contributed by atoms with Crippen LogP contribution in [0, 0.1) is 0 Å². The Morgan fingerprint density at radius 1 is 1.59 bits per heavy atom. The fourth-order valence-corrected chi connectivity index (χ4v) is 2.14. The number of rotatable bonds is 3. The van der Waals surface area contributed by atoms with Crippen LogP contribution in [0.5, 0.6) is 0 Å². The maximum atomic E-state index is 6.07. The molecule has 0 spiro atoms. The van der Waals surface area contributed by atoms with Gasteiger partial charge in [-0.3, -0.25) is 5.10 Å². The molecule has 0 aliphatic carbocycles. The molecule has 1 aliphatic heterocycles. The number of nitrogens with one attached hydrogen (secondary N) is 1. The molecule has 1 fully saturated rings. The zero-order chi connectivity index (χ0) is 12.4. The van der Waals surface area contributed by atoms with E-state index in [0.29, 0.717) is 0 Å². The first kappa shape index (κ1) is 12.3. The van der Waals surface area contributed by atoms with Gasteiger partial charge in [0.2, 0.25) is 5.95 Å². The van der Waals surface area contributed by atoms with Crippen molar-refractivity contribution in [2.45, 2.75) is 44.9 Å². The van der Waals surface area contributed by atoms with Crippen molar-refractivity contribution in [3.63, 3.8) is 0 Å². The molecular weight excluding hydrogens is 218 g/mol. The second-order valence-corrected chi connectivity index (χ2v) is 4.64. The summed E-state index contributed by atoms with van der Waals surface area (Å²) in [5.74, 6) is 1.49. The van der Waals surface area contributed by atoms with Gasteiger partial charge >= 0.3 is 0 Å². The summed E-state index contributed by atoms with van der Waals surface area (Å²) in [6.07, 6.45) is 2.10. The number of nitrogens with zero attached hydrogens (tertiary/aromatic N) is 3. The summed E-state index contributed by atoms with van der Waals surface area (Å²) in [4.78, 5) is 6.63. The predicted molar refractivity (Wildman–Crippen MR) is 65.8 cm³/mol. The van der Waals surface area contributed by atoms with Crippen molar-refractivity contribution in [2.75, 3.05) is 18.6 Å². The molecule has 2 heterocycles. The lowest BCUT2D eigenvalue weighted by Crippen LogP contribution is -2.51. The Morgan fingerprint density at radius 3 is 3.06 bits per heavy atom. The predicted octanol–water partition coefficient (Wildman–Crippen LogP) is 0.828. The molecule has 6 nitrogen and oxygen atoms in total. The zero-order valence-electron chi connectivity index (χ0n) is 10.7. The quantitative estimate of drug-likeness (QED) is 0.816. The average Bonchev–Trinajstić information content (AvgIpc) is 2.81. The molecule has 1 aromatic heterocycles. The van der Waals surface area contributed by atoms with Crippen molar-refractivity contribution in [1.82, 2.24) is 15.2 Å². The molecule has 3 atom stereocenters. The summed E-state index contributed by atoms with van der Waals surface area (Å²) in [5.41, 5.74) is 6.07. The summed E-state index contributed by atoms with van der Waals surface area (Å²) in [6, 6.07) is 0.482. The van der Waals surface area contributed by atoms with Gasteiger partial charge in [-0.15, -0.1) is 5.10 Å². The van der Waals surface area contributed by atoms with Crippen LogP contribution in [-0.4, -0.2) is 40.9 Å². The van der Waals surface area contributed by atoms with Gasteiger partial charge in [0, 0.05) is 25.7 Å². The third kappa shape index (κ3) is 2.42. The third-order valence-electron chi connectivity index (χ3n) is 3.53. The second kappa shape index (κ2) is 5.01. The van der Waals surface area contributed by atoms with E-state index in [0.717, 1.165) is 31.2 Å². The minimum Gasteiger partial charge on any atom is -0.374 e. The number of aromatic nitrogens is 3. The second-order valence-electron chi connectivity index (χ2n) is 4.64. The molecule has 96 valence electrons. The SMILES string of the molecule is COC(C)c1nc(N2CCCC(N)C2C)n[nH]1. The molecule has 1 aromatic rings. The molecule has 6 heteroatoms. The molecule has 1 saturated heterocycles. The topological polar surface area (TPSA) is 80.1 Å². The number of nitrogens with two attached hydrogens (primary N) is 1. The number of piperidine rings is 1. The summed E-state index contributed by atoms with van der Waals surface area (Å²) < 4.78 is 5.21. The molecule has 3 unspecified atom stereocenters. The highest BCUT2D eigenvalue weighted by Gasteiger charge is 2.28. The molecule has 0 aromatic carbocycles. The van der Waals surface area contributed by atoms with Crippen LogP contribution in [-0.2, 0) is 4.74 Å². The van der Waals surface area contributed by atoms with E-state index in [1.54, 1.807) is 7.11 Å². The highest BCUT2D eigenvalue weighted by molar-refractivity contribution is 5.32. The van der Waals surface area contributed by atoms with Gasteiger partial charge < -0.3 is 15.4 Å². The van der Waals surface area contributed by atoms with Crippen molar-refractivity contribution < 1.29 is 4.74 Å². The Morgan fingerprint density at radius 2 is 2.35 bits per heavy atom. The Kier molecular flexibility index (Phi) is 3.63. The van der Waals surface area contributed by atoms with Crippen LogP contribution in [0.4, 0.5) is 5.95 Å². The van der Waals surface area contributed by atoms with Crippen molar-refractivity contribution >= 4 is 5.95 Å². The molecule has 0 radical (unpaired) electrons. The first-order valence-corrected chi connectivity index (χ1v) is 6.10. The van der Waals surface area contributed by atoms with Gasteiger partial charge in [0.1, 0.15) is 6.10 Å². The number of H-pyrrole nitrogens is 1. The monoisotopic (exact) mass is 239 g/mol. The van der Waals surface area contributed by atoms with E-state index in [2.05, 4.69) is 27.0 Å². The normalized spacial score (nSPS) is 27.2. The molecule has 0 amide bonds. The van der Waals surface area contributed by atoms with E-state index >= 15 is 0 Å². The Balaban J connectivity index is 2.13.